The van der Waals surface area contributed by atoms with Crippen LogP contribution in [0.2, 0.25) is 0 Å². The highest BCUT2D eigenvalue weighted by atomic mass is 32.2. The van der Waals surface area contributed by atoms with Crippen LogP contribution in [0.15, 0.2) is 97.2 Å². The van der Waals surface area contributed by atoms with Crippen LogP contribution in [0.3, 0.4) is 0 Å². The van der Waals surface area contributed by atoms with Crippen molar-refractivity contribution in [3.8, 4) is 5.75 Å². The molecule has 2 aliphatic rings. The number of hydrogen-bond acceptors (Lipinski definition) is 26. The number of para-hydroxylation sites is 1. The molecule has 720 valence electrons. The summed E-state index contributed by atoms with van der Waals surface area (Å²) in [7, 11) is 1.59. The Morgan fingerprint density at radius 1 is 0.656 bits per heavy atom. The number of thioether (sulfide) groups is 1. The van der Waals surface area contributed by atoms with Crippen molar-refractivity contribution in [1.82, 2.24) is 84.7 Å². The Morgan fingerprint density at radius 3 is 1.93 bits per heavy atom. The van der Waals surface area contributed by atoms with E-state index in [1.165, 1.54) is 27.7 Å². The number of aromatic amines is 1. The molecule has 14 amide bonds. The van der Waals surface area contributed by atoms with Crippen molar-refractivity contribution in [2.45, 2.75) is 259 Å². The fourth-order valence-electron chi connectivity index (χ4n) is 15.3. The van der Waals surface area contributed by atoms with Gasteiger partial charge in [0, 0.05) is 106 Å². The number of amides is 14. The van der Waals surface area contributed by atoms with Crippen LogP contribution in [0, 0.1) is 5.41 Å². The van der Waals surface area contributed by atoms with E-state index in [0.29, 0.717) is 33.3 Å². The Hall–Kier alpha value is -11.7. The number of aliphatic hydroxyl groups excluding tert-OH is 4. The first-order valence-corrected chi connectivity index (χ1v) is 45.2. The molecule has 5 aromatic rings. The largest absolute Gasteiger partial charge is 0.492 e. The zero-order chi connectivity index (χ0) is 96.2. The molecule has 0 aliphatic carbocycles. The molecule has 43 heteroatoms. The molecular weight excluding hydrogens is 1720 g/mol. The smallest absolute Gasteiger partial charge is 0.246 e. The summed E-state index contributed by atoms with van der Waals surface area (Å²) in [6, 6.07) is 6.70. The van der Waals surface area contributed by atoms with Gasteiger partial charge in [0.15, 0.2) is 5.96 Å². The lowest BCUT2D eigenvalue weighted by molar-refractivity contribution is -0.141. The number of fused-ring (bicyclic) bond motifs is 2. The van der Waals surface area contributed by atoms with Crippen LogP contribution in [0.1, 0.15) is 142 Å². The molecule has 131 heavy (non-hydrogen) atoms. The number of aliphatic hydroxyl groups is 4. The minimum atomic E-state index is -1.95. The summed E-state index contributed by atoms with van der Waals surface area (Å²) in [5.74, 6) is -13.6. The van der Waals surface area contributed by atoms with Crippen molar-refractivity contribution < 1.29 is 97.0 Å². The van der Waals surface area contributed by atoms with Gasteiger partial charge in [-0.25, -0.2) is 0 Å². The van der Waals surface area contributed by atoms with Crippen LogP contribution >= 0.6 is 11.8 Å². The Labute approximate surface area is 764 Å². The second-order valence-electron chi connectivity index (χ2n) is 33.5. The molecule has 3 heterocycles. The molecule has 2 fully saturated rings. The van der Waals surface area contributed by atoms with E-state index in [1.807, 2.05) is 30.3 Å². The molecule has 1 aromatic heterocycles. The van der Waals surface area contributed by atoms with Crippen LogP contribution < -0.4 is 113 Å². The molecule has 31 N–H and O–H groups in total. The van der Waals surface area contributed by atoms with Gasteiger partial charge >= 0.3 is 0 Å². The van der Waals surface area contributed by atoms with Gasteiger partial charge in [-0.2, -0.15) is 11.8 Å². The molecule has 0 bridgehead atoms. The number of ether oxygens (including phenoxy) is 2. The minimum absolute atomic E-state index is 0.00330. The molecule has 7 rings (SSSR count). The van der Waals surface area contributed by atoms with Crippen molar-refractivity contribution in [1.29, 1.82) is 5.41 Å². The van der Waals surface area contributed by atoms with E-state index >= 15 is 33.6 Å². The van der Waals surface area contributed by atoms with Crippen LogP contribution in [0.4, 0.5) is 0 Å². The summed E-state index contributed by atoms with van der Waals surface area (Å²) in [5.41, 5.74) is 28.2. The first-order valence-electron chi connectivity index (χ1n) is 44.0. The summed E-state index contributed by atoms with van der Waals surface area (Å²) in [6.07, 6.45) is -6.98. The first kappa shape index (κ1) is 106. The maximum absolute atomic E-state index is 16.0. The molecule has 42 nitrogen and oxygen atoms in total. The average Bonchev–Trinajstić information content (AvgIpc) is 1.81. The van der Waals surface area contributed by atoms with Crippen LogP contribution in [-0.2, 0) is 91.1 Å². The quantitative estimate of drug-likeness (QED) is 0.00994. The molecule has 18 atom stereocenters. The number of H-pyrrole nitrogens is 1. The standard InChI is InChI=1S/C88H132N22O20S/c1-47(95-7)39-67(81(123)103-66(75(92)117)44-73(91)116)104-78(120)64(27-19-49(3)112)108-86(128)88(31-35-129-36-32-88)110-85(127)69(42-54-20-23-55-13-8-9-14-56(55)40-54)106-82(124)68(41-53-21-24-58(25-22-53)130-37-33-89)105-84(126)71-46-131-38-30-65(102-76(118)61(99-52(6)114)17-12-34-96-87(93)94)79(121)100-62(26-18-48(2)111)80(122)109-74(51(5)113)50(4)98-70(43-57-45-97-60-16-11-10-15-59(57)60)83(125)101-63(77(119)107-71)28-29-72(90)115/h8-11,13-16,20-25,40,45,47-51,61-71,74,80,95,97-98,109,111-113,122H,12,17-19,26-39,41-44,46,89H2,1-7H3,(H2,90,115)(H2,91,116)(H2,92,117)(H,99,114)(H,100,121)(H,101,125)(H,102,118)(H,103,123)(H,104,120)(H,105,126)(H,106,124)(H,107,119)(H,108,128)(H,110,127)(H4,93,94,96). The van der Waals surface area contributed by atoms with Crippen LogP contribution in [-0.4, -0.2) is 280 Å². The molecule has 18 unspecified atom stereocenters. The van der Waals surface area contributed by atoms with Crippen molar-refractivity contribution in [3.05, 3.63) is 114 Å². The summed E-state index contributed by atoms with van der Waals surface area (Å²) < 4.78 is 11.6. The van der Waals surface area contributed by atoms with E-state index in [1.54, 1.807) is 87.8 Å². The topological polar surface area (TPSA) is 689 Å². The summed E-state index contributed by atoms with van der Waals surface area (Å²) in [5, 5.41) is 97.0. The van der Waals surface area contributed by atoms with Crippen molar-refractivity contribution in [2.24, 2.45) is 28.7 Å². The number of primary amides is 3. The molecule has 0 radical (unpaired) electrons. The zero-order valence-electron chi connectivity index (χ0n) is 75.0. The summed E-state index contributed by atoms with van der Waals surface area (Å²) in [6.45, 7) is 8.94. The Balaban J connectivity index is 1.34. The monoisotopic (exact) mass is 1850 g/mol. The first-order chi connectivity index (χ1) is 62.2. The fraction of sp³-hybridized carbons (Fsp3) is 0.557. The molecule has 2 aliphatic heterocycles. The van der Waals surface area contributed by atoms with Gasteiger partial charge in [-0.05, 0) is 157 Å². The van der Waals surface area contributed by atoms with Crippen molar-refractivity contribution >= 4 is 122 Å². The highest BCUT2D eigenvalue weighted by Gasteiger charge is 2.46. The lowest BCUT2D eigenvalue weighted by Crippen LogP contribution is -2.67. The third kappa shape index (κ3) is 34.9. The lowest BCUT2D eigenvalue weighted by Gasteiger charge is -2.38. The van der Waals surface area contributed by atoms with E-state index in [9.17, 15) is 54.0 Å². The lowest BCUT2D eigenvalue weighted by atomic mass is 9.87. The number of guanidine groups is 1. The Kier molecular flexibility index (Phi) is 43.0. The highest BCUT2D eigenvalue weighted by Crippen LogP contribution is 2.27. The predicted octanol–water partition coefficient (Wildman–Crippen LogP) is -4.43. The van der Waals surface area contributed by atoms with Gasteiger partial charge < -0.3 is 138 Å². The normalized spacial score (nSPS) is 21.2. The van der Waals surface area contributed by atoms with Crippen molar-refractivity contribution in [3.63, 3.8) is 0 Å². The maximum atomic E-state index is 16.0. The number of benzene rings is 4. The average molecular weight is 1850 g/mol. The van der Waals surface area contributed by atoms with E-state index in [0.717, 1.165) is 22.5 Å². The van der Waals surface area contributed by atoms with Crippen LogP contribution in [0.5, 0.6) is 5.75 Å². The van der Waals surface area contributed by atoms with Crippen molar-refractivity contribution in [2.75, 3.05) is 51.5 Å². The Morgan fingerprint density at radius 2 is 1.28 bits per heavy atom. The molecule has 4 aromatic carbocycles. The van der Waals surface area contributed by atoms with Gasteiger partial charge in [0.1, 0.15) is 78.5 Å². The number of aromatic nitrogens is 1. The SMILES string of the molecule is CNC(C)CC(NC(=O)C(CCC(C)O)NC(=O)C1(NC(=O)C(Cc2ccc3ccccc3c2)NC(=O)C(Cc2ccc(OCCN)cc2)NC(=O)C2CSCCC(NC(=O)C(CCCNC(=N)N)NC(C)=O)C(=O)NC(CCC(C)O)C(O)NC(C(C)O)C(C)NC(Cc3c[nH]c4ccccc34)C(=O)NC(CCC(N)=O)C(=O)N2)CCOCC1)C(=O)NC(CC(N)=O)C(N)=O. The number of carbonyl (C=O) groups excluding carboxylic acids is 14. The molecule has 0 saturated carbocycles. The van der Waals surface area contributed by atoms with Gasteiger partial charge in [0.2, 0.25) is 82.7 Å². The number of rotatable bonds is 44. The van der Waals surface area contributed by atoms with Gasteiger partial charge in [-0.15, -0.1) is 0 Å². The van der Waals surface area contributed by atoms with E-state index in [4.69, 9.17) is 43.6 Å². The third-order valence-electron chi connectivity index (χ3n) is 22.7. The number of carbonyl (C=O) groups is 14. The van der Waals surface area contributed by atoms with E-state index in [-0.39, 0.29) is 128 Å². The Bertz CT molecular complexity index is 4690. The fourth-order valence-corrected chi connectivity index (χ4v) is 16.3. The van der Waals surface area contributed by atoms with Gasteiger partial charge in [-0.1, -0.05) is 72.8 Å². The van der Waals surface area contributed by atoms with Gasteiger partial charge in [-0.3, -0.25) is 77.8 Å². The van der Waals surface area contributed by atoms with E-state index in [2.05, 4.69) is 84.7 Å². The summed E-state index contributed by atoms with van der Waals surface area (Å²) in [4.78, 5) is 206. The molecule has 2 saturated heterocycles. The number of hydrogen-bond donors (Lipinski definition) is 26. The molecule has 0 spiro atoms. The number of nitrogens with two attached hydrogens (primary N) is 5. The molecular formula is C88H132N22O20S. The number of nitrogens with one attached hydrogen (secondary N) is 17. The second kappa shape index (κ2) is 53.0. The van der Waals surface area contributed by atoms with Gasteiger partial charge in [0.05, 0.1) is 36.8 Å². The minimum Gasteiger partial charge on any atom is -0.492 e. The third-order valence-corrected chi connectivity index (χ3v) is 23.8. The zero-order valence-corrected chi connectivity index (χ0v) is 75.8. The predicted molar refractivity (Wildman–Crippen MR) is 489 cm³/mol. The second-order valence-corrected chi connectivity index (χ2v) is 34.7. The highest BCUT2D eigenvalue weighted by molar-refractivity contribution is 7.99. The van der Waals surface area contributed by atoms with Crippen LogP contribution in [0.25, 0.3) is 21.7 Å². The maximum Gasteiger partial charge on any atom is 0.246 e. The van der Waals surface area contributed by atoms with Gasteiger partial charge in [0.25, 0.3) is 0 Å². The summed E-state index contributed by atoms with van der Waals surface area (Å²) >= 11 is 0.946. The van der Waals surface area contributed by atoms with E-state index < -0.39 is 222 Å².